The molecule has 1 saturated carbocycles. The average Bonchev–Trinajstić information content (AvgIpc) is 3.59. The van der Waals surface area contributed by atoms with E-state index in [4.69, 9.17) is 24.1 Å². The average molecular weight is 803 g/mol. The van der Waals surface area contributed by atoms with Gasteiger partial charge in [-0.2, -0.15) is 0 Å². The molecule has 0 bridgehead atoms. The first-order valence-electron chi connectivity index (χ1n) is 19.6. The quantitative estimate of drug-likeness (QED) is 0.0566. The molecule has 0 radical (unpaired) electrons. The van der Waals surface area contributed by atoms with Crippen molar-refractivity contribution in [1.82, 2.24) is 26.1 Å². The summed E-state index contributed by atoms with van der Waals surface area (Å²) < 4.78 is 21.2. The predicted octanol–water partition coefficient (Wildman–Crippen LogP) is 4.00. The first-order valence-corrected chi connectivity index (χ1v) is 19.6. The Bertz CT molecular complexity index is 2020. The number of aryl methyl sites for hydroxylation is 1. The van der Waals surface area contributed by atoms with Gasteiger partial charge >= 0.3 is 6.09 Å². The van der Waals surface area contributed by atoms with E-state index in [2.05, 4.69) is 31.5 Å². The van der Waals surface area contributed by atoms with E-state index in [1.165, 1.54) is 0 Å². The van der Waals surface area contributed by atoms with Crippen molar-refractivity contribution < 1.29 is 43.2 Å². The summed E-state index contributed by atoms with van der Waals surface area (Å²) in [5.41, 5.74) is 4.89. The van der Waals surface area contributed by atoms with Crippen LogP contribution in [0.1, 0.15) is 47.2 Å². The summed E-state index contributed by atoms with van der Waals surface area (Å²) >= 11 is 0. The minimum Gasteiger partial charge on any atom is -0.465 e. The zero-order valence-electron chi connectivity index (χ0n) is 33.0. The standard InChI is InChI=1S/C42H54N6O10/c1-27-23-32(38(49)43-15-16-56-19-20-58-22-21-57-18-17-55-2)11-13-34(27)30-7-3-28(4-8-30)24-37(41(52)45-33-12-14-35-36(25-33)47-48-40(35)51)46-39(50)31-9-5-29(6-10-31)26-44-42(53)54/h3-4,7-8,11-14,23,25,29,31,37,44H,5-6,9-10,15-22,24,26H2,1-2H3,(H,43,49)(H,45,52)(H,46,50)(H,53,54)(H2,47,48,51)/t29-,31-,37-/m0/s1. The molecule has 0 saturated heterocycles. The second kappa shape index (κ2) is 22.4. The van der Waals surface area contributed by atoms with Gasteiger partial charge in [0.15, 0.2) is 0 Å². The van der Waals surface area contributed by atoms with E-state index in [0.717, 1.165) is 22.3 Å². The molecule has 16 nitrogen and oxygen atoms in total. The number of H-pyrrole nitrogens is 2. The van der Waals surface area contributed by atoms with E-state index < -0.39 is 18.0 Å². The number of benzene rings is 3. The van der Waals surface area contributed by atoms with Gasteiger partial charge in [0, 0.05) is 43.8 Å². The number of carbonyl (C=O) groups excluding carboxylic acids is 3. The molecule has 16 heteroatoms. The number of carbonyl (C=O) groups is 4. The van der Waals surface area contributed by atoms with Gasteiger partial charge in [0.2, 0.25) is 11.8 Å². The second-order valence-electron chi connectivity index (χ2n) is 14.3. The van der Waals surface area contributed by atoms with E-state index in [-0.39, 0.29) is 35.6 Å². The zero-order valence-corrected chi connectivity index (χ0v) is 33.0. The molecule has 7 N–H and O–H groups in total. The van der Waals surface area contributed by atoms with Gasteiger partial charge in [-0.3, -0.25) is 29.4 Å². The molecule has 3 aromatic carbocycles. The van der Waals surface area contributed by atoms with Crippen molar-refractivity contribution in [2.45, 2.75) is 45.1 Å². The maximum atomic E-state index is 13.8. The third kappa shape index (κ3) is 13.3. The number of carboxylic acid groups (broad SMARTS) is 1. The Kier molecular flexibility index (Phi) is 16.8. The molecule has 1 aromatic heterocycles. The molecular weight excluding hydrogens is 748 g/mol. The van der Waals surface area contributed by atoms with Crippen LogP contribution in [0, 0.1) is 18.8 Å². The fraction of sp³-hybridized carbons (Fsp3) is 0.452. The van der Waals surface area contributed by atoms with Gasteiger partial charge in [0.05, 0.1) is 57.2 Å². The Morgan fingerprint density at radius 3 is 2.17 bits per heavy atom. The summed E-state index contributed by atoms with van der Waals surface area (Å²) in [6.45, 7) is 5.90. The highest BCUT2D eigenvalue weighted by atomic mass is 16.6. The monoisotopic (exact) mass is 802 g/mol. The van der Waals surface area contributed by atoms with E-state index in [1.54, 1.807) is 31.4 Å². The maximum Gasteiger partial charge on any atom is 0.404 e. The van der Waals surface area contributed by atoms with Gasteiger partial charge in [-0.1, -0.05) is 30.3 Å². The zero-order chi connectivity index (χ0) is 41.3. The number of aromatic nitrogens is 2. The first-order chi connectivity index (χ1) is 28.1. The Labute approximate surface area is 336 Å². The number of ether oxygens (including phenoxy) is 4. The normalized spacial score (nSPS) is 15.8. The summed E-state index contributed by atoms with van der Waals surface area (Å²) in [6, 6.07) is 17.3. The molecule has 0 aliphatic heterocycles. The molecule has 1 aliphatic rings. The Morgan fingerprint density at radius 1 is 0.810 bits per heavy atom. The number of methoxy groups -OCH3 is 1. The minimum absolute atomic E-state index is 0.162. The predicted molar refractivity (Wildman–Crippen MR) is 218 cm³/mol. The van der Waals surface area contributed by atoms with Crippen LogP contribution < -0.4 is 26.8 Å². The maximum absolute atomic E-state index is 13.8. The van der Waals surface area contributed by atoms with Crippen LogP contribution in [0.5, 0.6) is 0 Å². The van der Waals surface area contributed by atoms with Gasteiger partial charge in [0.1, 0.15) is 6.04 Å². The molecule has 1 aliphatic carbocycles. The van der Waals surface area contributed by atoms with Crippen molar-refractivity contribution in [3.63, 3.8) is 0 Å². The van der Waals surface area contributed by atoms with Crippen LogP contribution in [0.3, 0.4) is 0 Å². The Balaban J connectivity index is 1.15. The lowest BCUT2D eigenvalue weighted by Crippen LogP contribution is -2.48. The third-order valence-corrected chi connectivity index (χ3v) is 10.1. The molecule has 1 atom stereocenters. The molecule has 1 fully saturated rings. The van der Waals surface area contributed by atoms with Gasteiger partial charge in [-0.05, 0) is 91.1 Å². The summed E-state index contributed by atoms with van der Waals surface area (Å²) in [5, 5.41) is 25.9. The molecule has 5 rings (SSSR count). The largest absolute Gasteiger partial charge is 0.465 e. The molecule has 0 unspecified atom stereocenters. The van der Waals surface area contributed by atoms with Gasteiger partial charge in [0.25, 0.3) is 11.5 Å². The van der Waals surface area contributed by atoms with Crippen LogP contribution in [0.15, 0.2) is 65.5 Å². The van der Waals surface area contributed by atoms with Gasteiger partial charge in [-0.15, -0.1) is 0 Å². The van der Waals surface area contributed by atoms with Crippen molar-refractivity contribution in [3.05, 3.63) is 87.7 Å². The Morgan fingerprint density at radius 2 is 1.50 bits per heavy atom. The minimum atomic E-state index is -1.06. The summed E-state index contributed by atoms with van der Waals surface area (Å²) in [4.78, 5) is 63.0. The van der Waals surface area contributed by atoms with Crippen LogP contribution in [0.25, 0.3) is 22.0 Å². The van der Waals surface area contributed by atoms with Crippen molar-refractivity contribution in [2.75, 3.05) is 71.8 Å². The highest BCUT2D eigenvalue weighted by Crippen LogP contribution is 2.29. The SMILES string of the molecule is COCCOCCOCCOCCNC(=O)c1ccc(-c2ccc(C[C@H](NC(=O)[C@H]3CC[C@H](CNC(=O)O)CC3)C(=O)Nc3ccc4c(=O)[nH][nH]c4c3)cc2)c(C)c1. The van der Waals surface area contributed by atoms with Crippen LogP contribution in [-0.4, -0.2) is 112 Å². The highest BCUT2D eigenvalue weighted by molar-refractivity contribution is 5.99. The van der Waals surface area contributed by atoms with E-state index in [9.17, 15) is 24.0 Å². The number of anilines is 1. The smallest absolute Gasteiger partial charge is 0.404 e. The number of nitrogens with one attached hydrogen (secondary N) is 6. The Hall–Kier alpha value is -5.55. The third-order valence-electron chi connectivity index (χ3n) is 10.1. The molecule has 0 spiro atoms. The molecule has 58 heavy (non-hydrogen) atoms. The number of fused-ring (bicyclic) bond motifs is 1. The molecule has 4 amide bonds. The van der Waals surface area contributed by atoms with Gasteiger partial charge < -0.3 is 45.3 Å². The van der Waals surface area contributed by atoms with Gasteiger partial charge in [-0.25, -0.2) is 4.79 Å². The fourth-order valence-corrected chi connectivity index (χ4v) is 6.91. The summed E-state index contributed by atoms with van der Waals surface area (Å²) in [5.74, 6) is -0.965. The summed E-state index contributed by atoms with van der Waals surface area (Å²) in [6.07, 6.45) is 1.75. The number of amides is 4. The molecule has 4 aromatic rings. The molecular formula is C42H54N6O10. The lowest BCUT2D eigenvalue weighted by molar-refractivity contribution is -0.130. The van der Waals surface area contributed by atoms with E-state index in [0.29, 0.717) is 107 Å². The number of hydrogen-bond acceptors (Lipinski definition) is 9. The highest BCUT2D eigenvalue weighted by Gasteiger charge is 2.30. The van der Waals surface area contributed by atoms with E-state index in [1.807, 2.05) is 43.3 Å². The summed E-state index contributed by atoms with van der Waals surface area (Å²) in [7, 11) is 1.62. The van der Waals surface area contributed by atoms with Crippen molar-refractivity contribution in [1.29, 1.82) is 0 Å². The molecule has 1 heterocycles. The lowest BCUT2D eigenvalue weighted by atomic mass is 9.81. The molecule has 312 valence electrons. The second-order valence-corrected chi connectivity index (χ2v) is 14.3. The van der Waals surface area contributed by atoms with Crippen molar-refractivity contribution >= 4 is 40.4 Å². The van der Waals surface area contributed by atoms with Crippen LogP contribution in [0.4, 0.5) is 10.5 Å². The number of hydrogen-bond donors (Lipinski definition) is 7. The van der Waals surface area contributed by atoms with Crippen molar-refractivity contribution in [3.8, 4) is 11.1 Å². The van der Waals surface area contributed by atoms with Crippen molar-refractivity contribution in [2.24, 2.45) is 11.8 Å². The lowest BCUT2D eigenvalue weighted by Gasteiger charge is -2.29. The van der Waals surface area contributed by atoms with Crippen LogP contribution >= 0.6 is 0 Å². The van der Waals surface area contributed by atoms with Crippen LogP contribution in [0.2, 0.25) is 0 Å². The fourth-order valence-electron chi connectivity index (χ4n) is 6.91. The number of aromatic amines is 2. The first kappa shape index (κ1) is 43.6. The topological polar surface area (TPSA) is 222 Å². The van der Waals surface area contributed by atoms with Crippen LogP contribution in [-0.2, 0) is 35.0 Å². The van der Waals surface area contributed by atoms with E-state index >= 15 is 0 Å². The number of rotatable bonds is 22.